The van der Waals surface area contributed by atoms with Gasteiger partial charge in [0.1, 0.15) is 11.4 Å². The van der Waals surface area contributed by atoms with E-state index in [9.17, 15) is 14.7 Å². The van der Waals surface area contributed by atoms with Crippen LogP contribution in [-0.4, -0.2) is 63.0 Å². The highest BCUT2D eigenvalue weighted by Crippen LogP contribution is 2.32. The minimum atomic E-state index is -1.10. The number of benzene rings is 3. The molecule has 0 aliphatic rings. The van der Waals surface area contributed by atoms with Crippen LogP contribution in [-0.2, 0) is 6.54 Å². The van der Waals surface area contributed by atoms with Crippen molar-refractivity contribution in [3.8, 4) is 16.8 Å². The number of carbonyl (C=O) groups is 1. The average Bonchev–Trinajstić information content (AvgIpc) is 3.21. The van der Waals surface area contributed by atoms with E-state index in [-0.39, 0.29) is 12.1 Å². The molecule has 0 saturated carbocycles. The zero-order valence-electron chi connectivity index (χ0n) is 25.3. The topological polar surface area (TPSA) is 104 Å². The highest BCUT2D eigenvalue weighted by Gasteiger charge is 2.27. The molecule has 5 rings (SSSR count). The molecule has 1 amide bonds. The van der Waals surface area contributed by atoms with Gasteiger partial charge in [-0.05, 0) is 81.7 Å². The Morgan fingerprint density at radius 3 is 2.35 bits per heavy atom. The van der Waals surface area contributed by atoms with Crippen molar-refractivity contribution >= 4 is 28.2 Å². The van der Waals surface area contributed by atoms with Gasteiger partial charge in [0.05, 0.1) is 23.5 Å². The highest BCUT2D eigenvalue weighted by atomic mass is 16.3. The van der Waals surface area contributed by atoms with Gasteiger partial charge in [-0.25, -0.2) is 9.67 Å². The van der Waals surface area contributed by atoms with Crippen LogP contribution in [0.5, 0.6) is 0 Å². The van der Waals surface area contributed by atoms with E-state index in [2.05, 4.69) is 32.7 Å². The van der Waals surface area contributed by atoms with Crippen LogP contribution < -0.4 is 16.2 Å². The fraction of sp³-hybridized carbons (Fsp3) is 0.265. The first kappa shape index (κ1) is 29.8. The molecule has 0 spiro atoms. The molecule has 0 bridgehead atoms. The van der Waals surface area contributed by atoms with E-state index in [4.69, 9.17) is 0 Å². The summed E-state index contributed by atoms with van der Waals surface area (Å²) in [4.78, 5) is 33.8. The molecular weight excluding hydrogens is 540 g/mol. The average molecular weight is 579 g/mol. The third kappa shape index (κ3) is 6.53. The van der Waals surface area contributed by atoms with Crippen molar-refractivity contribution < 1.29 is 9.90 Å². The summed E-state index contributed by atoms with van der Waals surface area (Å²) in [6.07, 6.45) is 1.81. The van der Waals surface area contributed by atoms with Gasteiger partial charge < -0.3 is 20.6 Å². The Kier molecular flexibility index (Phi) is 8.47. The number of likely N-dealkylation sites (N-methyl/N-ethyl adjacent to an activating group) is 1. The molecular formula is C34H38N6O3. The number of carbonyl (C=O) groups excluding carboxylic acids is 1. The smallest absolute Gasteiger partial charge is 0.284 e. The number of hydrogen-bond acceptors (Lipinski definition) is 6. The molecule has 0 atom stereocenters. The van der Waals surface area contributed by atoms with E-state index >= 15 is 0 Å². The number of fused-ring (bicyclic) bond motifs is 1. The number of nitrogens with zero attached hydrogens (tertiary/aromatic N) is 4. The number of hydrogen-bond donors (Lipinski definition) is 3. The van der Waals surface area contributed by atoms with Crippen molar-refractivity contribution in [3.63, 3.8) is 0 Å². The fourth-order valence-corrected chi connectivity index (χ4v) is 5.22. The van der Waals surface area contributed by atoms with Crippen molar-refractivity contribution in [3.05, 3.63) is 107 Å². The molecule has 2 heterocycles. The van der Waals surface area contributed by atoms with Gasteiger partial charge in [-0.1, -0.05) is 48.5 Å². The number of nitrogens with one attached hydrogen (secondary N) is 2. The zero-order valence-corrected chi connectivity index (χ0v) is 25.3. The Morgan fingerprint density at radius 2 is 1.67 bits per heavy atom. The summed E-state index contributed by atoms with van der Waals surface area (Å²) in [5.74, 6) is 0.345. The largest absolute Gasteiger partial charge is 0.389 e. The maximum atomic E-state index is 13.6. The summed E-state index contributed by atoms with van der Waals surface area (Å²) in [7, 11) is 4.08. The first-order valence-electron chi connectivity index (χ1n) is 14.3. The van der Waals surface area contributed by atoms with Gasteiger partial charge in [0.15, 0.2) is 0 Å². The van der Waals surface area contributed by atoms with Crippen LogP contribution in [0.3, 0.4) is 0 Å². The van der Waals surface area contributed by atoms with E-state index in [1.54, 1.807) is 37.6 Å². The zero-order chi connectivity index (χ0) is 30.7. The molecule has 222 valence electrons. The van der Waals surface area contributed by atoms with E-state index in [1.165, 1.54) is 4.68 Å². The number of anilines is 2. The second kappa shape index (κ2) is 12.2. The van der Waals surface area contributed by atoms with Crippen molar-refractivity contribution in [1.82, 2.24) is 19.2 Å². The van der Waals surface area contributed by atoms with E-state index in [0.717, 1.165) is 40.8 Å². The Hall–Kier alpha value is -4.73. The molecule has 9 heteroatoms. The van der Waals surface area contributed by atoms with Crippen LogP contribution in [0.2, 0.25) is 0 Å². The van der Waals surface area contributed by atoms with Crippen LogP contribution in [0, 0.1) is 6.92 Å². The van der Waals surface area contributed by atoms with Gasteiger partial charge >= 0.3 is 0 Å². The Balaban J connectivity index is 1.42. The molecule has 0 radical (unpaired) electrons. The third-order valence-electron chi connectivity index (χ3n) is 7.27. The fourth-order valence-electron chi connectivity index (χ4n) is 5.22. The standard InChI is InChI=1S/C34H38N6O3/c1-23-30(33(42)40(26-10-7-6-8-11-26)39(23)22-34(2,3)43)32(41)37-25-16-14-24(15-17-25)27-12-9-13-29-28(27)18-19-35-31(29)36-20-21-38(4)5/h6-19,43H,20-22H2,1-5H3,(H,35,36)(H,37,41). The normalized spacial score (nSPS) is 11.7. The second-order valence-corrected chi connectivity index (χ2v) is 11.6. The Morgan fingerprint density at radius 1 is 0.953 bits per heavy atom. The van der Waals surface area contributed by atoms with Crippen LogP contribution >= 0.6 is 0 Å². The van der Waals surface area contributed by atoms with E-state index < -0.39 is 17.1 Å². The first-order valence-corrected chi connectivity index (χ1v) is 14.3. The molecule has 0 fully saturated rings. The van der Waals surface area contributed by atoms with Gasteiger partial charge in [0.25, 0.3) is 11.5 Å². The number of aromatic nitrogens is 3. The lowest BCUT2D eigenvalue weighted by Gasteiger charge is -2.22. The van der Waals surface area contributed by atoms with Gasteiger partial charge in [-0.15, -0.1) is 0 Å². The summed E-state index contributed by atoms with van der Waals surface area (Å²) >= 11 is 0. The summed E-state index contributed by atoms with van der Waals surface area (Å²) in [5.41, 5.74) is 2.20. The second-order valence-electron chi connectivity index (χ2n) is 11.6. The van der Waals surface area contributed by atoms with E-state index in [1.807, 2.05) is 74.9 Å². The Bertz CT molecular complexity index is 1800. The quantitative estimate of drug-likeness (QED) is 0.212. The van der Waals surface area contributed by atoms with Crippen molar-refractivity contribution in [2.75, 3.05) is 37.8 Å². The molecule has 0 aliphatic heterocycles. The summed E-state index contributed by atoms with van der Waals surface area (Å²) in [6.45, 7) is 6.89. The SMILES string of the molecule is Cc1c(C(=O)Nc2ccc(-c3cccc4c(NCCN(C)C)nccc34)cc2)c(=O)n(-c2ccccc2)n1CC(C)(C)O. The molecule has 5 aromatic rings. The molecule has 2 aromatic heterocycles. The van der Waals surface area contributed by atoms with Crippen molar-refractivity contribution in [1.29, 1.82) is 0 Å². The van der Waals surface area contributed by atoms with Crippen LogP contribution in [0.4, 0.5) is 11.5 Å². The number of rotatable bonds is 10. The number of aliphatic hydroxyl groups is 1. The lowest BCUT2D eigenvalue weighted by Crippen LogP contribution is -2.32. The first-order chi connectivity index (χ1) is 20.5. The number of pyridine rings is 1. The molecule has 0 saturated heterocycles. The predicted octanol–water partition coefficient (Wildman–Crippen LogP) is 5.16. The lowest BCUT2D eigenvalue weighted by molar-refractivity contribution is 0.0546. The summed E-state index contributed by atoms with van der Waals surface area (Å²) in [5, 5.41) is 19.0. The molecule has 0 aliphatic carbocycles. The van der Waals surface area contributed by atoms with Gasteiger partial charge in [0.2, 0.25) is 0 Å². The van der Waals surface area contributed by atoms with Gasteiger partial charge in [0, 0.05) is 30.4 Å². The van der Waals surface area contributed by atoms with Crippen molar-refractivity contribution in [2.24, 2.45) is 0 Å². The molecule has 0 unspecified atom stereocenters. The molecule has 9 nitrogen and oxygen atoms in total. The predicted molar refractivity (Wildman–Crippen MR) is 173 cm³/mol. The van der Waals surface area contributed by atoms with E-state index in [0.29, 0.717) is 17.1 Å². The monoisotopic (exact) mass is 578 g/mol. The maximum absolute atomic E-state index is 13.6. The molecule has 3 aromatic carbocycles. The molecule has 43 heavy (non-hydrogen) atoms. The minimum Gasteiger partial charge on any atom is -0.389 e. The maximum Gasteiger partial charge on any atom is 0.284 e. The van der Waals surface area contributed by atoms with Crippen LogP contribution in [0.15, 0.2) is 89.9 Å². The van der Waals surface area contributed by atoms with Crippen LogP contribution in [0.25, 0.3) is 27.6 Å². The van der Waals surface area contributed by atoms with Gasteiger partial charge in [-0.2, -0.15) is 0 Å². The lowest BCUT2D eigenvalue weighted by atomic mass is 9.99. The number of para-hydroxylation sites is 1. The highest BCUT2D eigenvalue weighted by molar-refractivity contribution is 6.05. The summed E-state index contributed by atoms with van der Waals surface area (Å²) in [6, 6.07) is 24.9. The molecule has 3 N–H and O–H groups in total. The van der Waals surface area contributed by atoms with Gasteiger partial charge in [-0.3, -0.25) is 14.3 Å². The van der Waals surface area contributed by atoms with Crippen LogP contribution in [0.1, 0.15) is 29.9 Å². The summed E-state index contributed by atoms with van der Waals surface area (Å²) < 4.78 is 3.11. The minimum absolute atomic E-state index is 0.0352. The van der Waals surface area contributed by atoms with Crippen molar-refractivity contribution in [2.45, 2.75) is 32.9 Å². The Labute approximate surface area is 251 Å². The number of amides is 1. The third-order valence-corrected chi connectivity index (χ3v) is 7.27.